The van der Waals surface area contributed by atoms with Crippen LogP contribution in [0.1, 0.15) is 0 Å². The minimum Gasteiger partial charge on any atom is -0.335 e. The Morgan fingerprint density at radius 3 is 2.67 bits per heavy atom. The van der Waals surface area contributed by atoms with Crippen LogP contribution < -0.4 is 0 Å². The highest BCUT2D eigenvalue weighted by Crippen LogP contribution is 2.25. The molecule has 1 aliphatic heterocycles. The Morgan fingerprint density at radius 1 is 1.67 bits per heavy atom. The van der Waals surface area contributed by atoms with Gasteiger partial charge in [-0.3, -0.25) is 0 Å². The predicted octanol–water partition coefficient (Wildman–Crippen LogP) is 0.918. The zero-order valence-corrected chi connectivity index (χ0v) is 5.10. The molecule has 1 rings (SSSR count). The maximum Gasteiger partial charge on any atom is 0.217 e. The quantitative estimate of drug-likeness (QED) is 0.441. The molecule has 0 radical (unpaired) electrons. The fraction of sp³-hybridized carbons (Fsp3) is 1.00. The van der Waals surface area contributed by atoms with Crippen molar-refractivity contribution in [1.29, 1.82) is 0 Å². The molecule has 34 valence electrons. The van der Waals surface area contributed by atoms with Gasteiger partial charge in [0.1, 0.15) is 6.16 Å². The summed E-state index contributed by atoms with van der Waals surface area (Å²) >= 11 is 4.94. The van der Waals surface area contributed by atoms with Gasteiger partial charge in [0.25, 0.3) is 0 Å². The molecule has 0 saturated carbocycles. The molecule has 0 aliphatic carbocycles. The second-order valence-corrected chi connectivity index (χ2v) is 4.46. The third-order valence-corrected chi connectivity index (χ3v) is 2.74. The van der Waals surface area contributed by atoms with Crippen molar-refractivity contribution in [2.24, 2.45) is 0 Å². The highest BCUT2D eigenvalue weighted by atomic mass is 32.4. The third kappa shape index (κ3) is 0.970. The molecular weight excluding hydrogens is 115 g/mol. The van der Waals surface area contributed by atoms with E-state index in [0.29, 0.717) is 0 Å². The minimum absolute atomic E-state index is 0.104. The smallest absolute Gasteiger partial charge is 0.217 e. The Balaban J connectivity index is 2.37. The van der Waals surface area contributed by atoms with E-state index in [9.17, 15) is 0 Å². The van der Waals surface area contributed by atoms with Crippen molar-refractivity contribution in [3.8, 4) is 0 Å². The number of rotatable bonds is 0. The largest absolute Gasteiger partial charge is 0.335 e. The lowest BCUT2D eigenvalue weighted by Crippen LogP contribution is -1.78. The molecule has 0 amide bonds. The van der Waals surface area contributed by atoms with E-state index in [4.69, 9.17) is 16.5 Å². The summed E-state index contributed by atoms with van der Waals surface area (Å²) in [6, 6.07) is 0. The molecule has 0 aromatic heterocycles. The van der Waals surface area contributed by atoms with Crippen LogP contribution >= 0.6 is 6.70 Å². The standard InChI is InChI=1S/C3H6OPS/c6-5-2-1-4-3-5/h1-3H2/q+1. The topological polar surface area (TPSA) is 9.23 Å². The van der Waals surface area contributed by atoms with Crippen molar-refractivity contribution in [2.45, 2.75) is 0 Å². The molecule has 1 aliphatic rings. The lowest BCUT2D eigenvalue weighted by atomic mass is 10.9. The van der Waals surface area contributed by atoms with Crippen molar-refractivity contribution in [3.05, 3.63) is 0 Å². The Kier molecular flexibility index (Phi) is 1.52. The molecule has 0 N–H and O–H groups in total. The zero-order chi connectivity index (χ0) is 4.41. The van der Waals surface area contributed by atoms with Gasteiger partial charge in [0.05, 0.1) is 6.61 Å². The Morgan fingerprint density at radius 2 is 2.50 bits per heavy atom. The van der Waals surface area contributed by atoms with Crippen molar-refractivity contribution >= 4 is 18.5 Å². The van der Waals surface area contributed by atoms with Crippen LogP contribution in [-0.2, 0) is 16.5 Å². The SMILES string of the molecule is S=[P+]1CCOC1. The zero-order valence-electron chi connectivity index (χ0n) is 3.39. The van der Waals surface area contributed by atoms with Gasteiger partial charge in [0, 0.05) is 0 Å². The summed E-state index contributed by atoms with van der Waals surface area (Å²) in [7, 11) is 0. The van der Waals surface area contributed by atoms with Crippen LogP contribution in [-0.4, -0.2) is 19.1 Å². The van der Waals surface area contributed by atoms with Gasteiger partial charge in [-0.1, -0.05) is 0 Å². The van der Waals surface area contributed by atoms with E-state index in [0.717, 1.165) is 19.1 Å². The van der Waals surface area contributed by atoms with E-state index >= 15 is 0 Å². The van der Waals surface area contributed by atoms with Gasteiger partial charge in [-0.2, -0.15) is 0 Å². The fourth-order valence-electron chi connectivity index (χ4n) is 0.397. The number of hydrogen-bond donors (Lipinski definition) is 0. The maximum atomic E-state index is 4.98. The van der Waals surface area contributed by atoms with Gasteiger partial charge < -0.3 is 4.74 Å². The van der Waals surface area contributed by atoms with Crippen LogP contribution in [0.15, 0.2) is 0 Å². The Bertz CT molecular complexity index is 65.2. The summed E-state index contributed by atoms with van der Waals surface area (Å²) in [5.74, 6) is 0. The molecule has 1 atom stereocenters. The van der Waals surface area contributed by atoms with Gasteiger partial charge in [0.2, 0.25) is 13.0 Å². The van der Waals surface area contributed by atoms with E-state index < -0.39 is 0 Å². The van der Waals surface area contributed by atoms with E-state index in [1.807, 2.05) is 0 Å². The van der Waals surface area contributed by atoms with E-state index in [1.54, 1.807) is 0 Å². The average Bonchev–Trinajstić information content (AvgIpc) is 1.86. The summed E-state index contributed by atoms with van der Waals surface area (Å²) < 4.78 is 4.98. The first kappa shape index (κ1) is 4.63. The van der Waals surface area contributed by atoms with Crippen LogP contribution in [0, 0.1) is 0 Å². The Hall–Kier alpha value is 0.480. The molecule has 0 aromatic rings. The van der Waals surface area contributed by atoms with Crippen molar-refractivity contribution < 1.29 is 4.74 Å². The fourth-order valence-corrected chi connectivity index (χ4v) is 1.64. The average molecular weight is 121 g/mol. The predicted molar refractivity (Wildman–Crippen MR) is 30.0 cm³/mol. The summed E-state index contributed by atoms with van der Waals surface area (Å²) in [6.07, 6.45) is 2.01. The molecular formula is C3H6OPS+. The highest BCUT2D eigenvalue weighted by Gasteiger charge is 2.16. The molecule has 0 bridgehead atoms. The molecule has 3 heteroatoms. The van der Waals surface area contributed by atoms with Crippen LogP contribution in [0.25, 0.3) is 0 Å². The first-order valence-electron chi connectivity index (χ1n) is 1.89. The van der Waals surface area contributed by atoms with Gasteiger partial charge in [-0.05, 0) is 0 Å². The first-order valence-corrected chi connectivity index (χ1v) is 4.62. The Labute approximate surface area is 43.1 Å². The van der Waals surface area contributed by atoms with Crippen LogP contribution in [0.2, 0.25) is 0 Å². The number of ether oxygens (including phenoxy) is 1. The van der Waals surface area contributed by atoms with E-state index in [-0.39, 0.29) is 6.70 Å². The first-order chi connectivity index (χ1) is 2.89. The van der Waals surface area contributed by atoms with E-state index in [1.165, 1.54) is 0 Å². The van der Waals surface area contributed by atoms with Crippen LogP contribution in [0.3, 0.4) is 0 Å². The molecule has 6 heavy (non-hydrogen) atoms. The molecule has 1 fully saturated rings. The molecule has 1 saturated heterocycles. The molecule has 1 heterocycles. The normalized spacial score (nSPS) is 28.3. The van der Waals surface area contributed by atoms with Crippen LogP contribution in [0.4, 0.5) is 0 Å². The monoisotopic (exact) mass is 121 g/mol. The summed E-state index contributed by atoms with van der Waals surface area (Å²) in [6.45, 7) is 0.808. The van der Waals surface area contributed by atoms with Gasteiger partial charge in [-0.15, -0.1) is 0 Å². The lowest BCUT2D eigenvalue weighted by molar-refractivity contribution is 0.217. The van der Waals surface area contributed by atoms with Crippen molar-refractivity contribution in [1.82, 2.24) is 0 Å². The number of hydrogen-bond acceptors (Lipinski definition) is 2. The van der Waals surface area contributed by atoms with Crippen LogP contribution in [0.5, 0.6) is 0 Å². The second kappa shape index (κ2) is 1.97. The van der Waals surface area contributed by atoms with Crippen molar-refractivity contribution in [2.75, 3.05) is 19.1 Å². The van der Waals surface area contributed by atoms with Gasteiger partial charge in [-0.25, -0.2) is 0 Å². The summed E-state index contributed by atoms with van der Waals surface area (Å²) in [4.78, 5) is 0. The third-order valence-electron chi connectivity index (χ3n) is 0.720. The lowest BCUT2D eigenvalue weighted by Gasteiger charge is -1.69. The van der Waals surface area contributed by atoms with Crippen molar-refractivity contribution in [3.63, 3.8) is 0 Å². The second-order valence-electron chi connectivity index (χ2n) is 1.24. The minimum atomic E-state index is -0.104. The maximum absolute atomic E-state index is 4.98. The molecule has 1 nitrogen and oxygen atoms in total. The van der Waals surface area contributed by atoms with Gasteiger partial charge >= 0.3 is 0 Å². The van der Waals surface area contributed by atoms with Gasteiger partial charge in [0.15, 0.2) is 11.8 Å². The molecule has 0 aromatic carbocycles. The highest BCUT2D eigenvalue weighted by molar-refractivity contribution is 8.05. The van der Waals surface area contributed by atoms with E-state index in [2.05, 4.69) is 0 Å². The summed E-state index contributed by atoms with van der Waals surface area (Å²) in [5, 5.41) is 0. The molecule has 0 spiro atoms. The molecule has 1 unspecified atom stereocenters. The summed E-state index contributed by atoms with van der Waals surface area (Å²) in [5.41, 5.74) is 0.